The molecule has 3 rings (SSSR count). The van der Waals surface area contributed by atoms with Crippen molar-refractivity contribution in [3.63, 3.8) is 0 Å². The van der Waals surface area contributed by atoms with Crippen LogP contribution < -0.4 is 4.43 Å². The van der Waals surface area contributed by atoms with Gasteiger partial charge in [-0.25, -0.2) is 4.79 Å². The summed E-state index contributed by atoms with van der Waals surface area (Å²) in [6, 6.07) is 13.5. The van der Waals surface area contributed by atoms with Gasteiger partial charge in [0.05, 0.1) is 16.6 Å². The number of nitrogens with zero attached hydrogens (tertiary/aromatic N) is 2. The molecule has 0 bridgehead atoms. The Labute approximate surface area is 138 Å². The normalized spacial score (nSPS) is 10.8. The third kappa shape index (κ3) is 2.52. The summed E-state index contributed by atoms with van der Waals surface area (Å²) in [5, 5.41) is 12.8. The number of hydrogen-bond donors (Lipinski definition) is 0. The van der Waals surface area contributed by atoms with E-state index in [4.69, 9.17) is 4.74 Å². The van der Waals surface area contributed by atoms with Crippen molar-refractivity contribution < 1.29 is 14.0 Å². The van der Waals surface area contributed by atoms with Gasteiger partial charge in [0.25, 0.3) is 5.52 Å². The van der Waals surface area contributed by atoms with E-state index in [-0.39, 0.29) is 29.0 Å². The van der Waals surface area contributed by atoms with Crippen molar-refractivity contribution >= 4 is 17.0 Å². The van der Waals surface area contributed by atoms with Crippen LogP contribution in [0.3, 0.4) is 0 Å². The molecule has 0 saturated carbocycles. The smallest absolute Gasteiger partial charge is 0.361 e. The van der Waals surface area contributed by atoms with Crippen LogP contribution in [0.5, 0.6) is 0 Å². The Bertz CT molecular complexity index is 978. The first kappa shape index (κ1) is 15.7. The predicted octanol–water partition coefficient (Wildman–Crippen LogP) is 3.05. The zero-order valence-corrected chi connectivity index (χ0v) is 13.4. The van der Waals surface area contributed by atoms with Crippen LogP contribution in [0.4, 0.5) is 0 Å². The molecule has 122 valence electrons. The van der Waals surface area contributed by atoms with E-state index in [1.54, 1.807) is 55.5 Å². The fraction of sp³-hybridized carbons (Fsp3) is 0.167. The van der Waals surface area contributed by atoms with Gasteiger partial charge in [-0.05, 0) is 37.6 Å². The van der Waals surface area contributed by atoms with Crippen LogP contribution in [0.1, 0.15) is 23.0 Å². The molecular weight excluding hydrogens is 308 g/mol. The molecule has 6 heteroatoms. The van der Waals surface area contributed by atoms with Gasteiger partial charge in [0.1, 0.15) is 5.52 Å². The summed E-state index contributed by atoms with van der Waals surface area (Å²) >= 11 is 0. The number of rotatable bonds is 3. The van der Waals surface area contributed by atoms with E-state index in [2.05, 4.69) is 0 Å². The second-order valence-electron chi connectivity index (χ2n) is 5.36. The minimum Gasteiger partial charge on any atom is -0.805 e. The number of benzene rings is 2. The Morgan fingerprint density at radius 3 is 2.58 bits per heavy atom. The highest BCUT2D eigenvalue weighted by Gasteiger charge is 2.29. The second-order valence-corrected chi connectivity index (χ2v) is 5.36. The standard InChI is InChI=1S/C18H16N2O4/c1-3-24-18(21)17-16(13-7-5-4-6-8-13)19(22)14-10-9-12(2)11-15(14)20(17)23/h4-11H,3H2,1-2H3. The van der Waals surface area contributed by atoms with Crippen LogP contribution >= 0.6 is 0 Å². The molecule has 3 aromatic rings. The van der Waals surface area contributed by atoms with Crippen molar-refractivity contribution in [1.29, 1.82) is 0 Å². The van der Waals surface area contributed by atoms with E-state index in [1.165, 1.54) is 0 Å². The average Bonchev–Trinajstić information content (AvgIpc) is 2.58. The Morgan fingerprint density at radius 2 is 1.92 bits per heavy atom. The molecule has 0 N–H and O–H groups in total. The molecule has 0 aliphatic carbocycles. The monoisotopic (exact) mass is 324 g/mol. The molecule has 0 aliphatic heterocycles. The Kier molecular flexibility index (Phi) is 4.04. The van der Waals surface area contributed by atoms with Gasteiger partial charge in [0.2, 0.25) is 5.69 Å². The van der Waals surface area contributed by atoms with E-state index < -0.39 is 5.97 Å². The minimum absolute atomic E-state index is 0.0135. The van der Waals surface area contributed by atoms with E-state index in [0.29, 0.717) is 14.7 Å². The topological polar surface area (TPSA) is 77.3 Å². The first-order chi connectivity index (χ1) is 11.5. The minimum atomic E-state index is -0.820. The summed E-state index contributed by atoms with van der Waals surface area (Å²) in [6.45, 7) is 3.56. The first-order valence-corrected chi connectivity index (χ1v) is 7.56. The van der Waals surface area contributed by atoms with Gasteiger partial charge in [-0.1, -0.05) is 24.3 Å². The van der Waals surface area contributed by atoms with Gasteiger partial charge in [-0.3, -0.25) is 0 Å². The van der Waals surface area contributed by atoms with E-state index in [0.717, 1.165) is 5.56 Å². The largest absolute Gasteiger partial charge is 0.805 e. The maximum atomic E-state index is 12.9. The average molecular weight is 324 g/mol. The molecule has 1 aromatic heterocycles. The molecule has 24 heavy (non-hydrogen) atoms. The van der Waals surface area contributed by atoms with Crippen molar-refractivity contribution in [2.24, 2.45) is 0 Å². The molecule has 6 nitrogen and oxygen atoms in total. The molecular formula is C18H16N2O4. The first-order valence-electron chi connectivity index (χ1n) is 7.56. The van der Waals surface area contributed by atoms with Crippen molar-refractivity contribution in [3.05, 3.63) is 69.9 Å². The molecule has 0 aliphatic rings. The lowest BCUT2D eigenvalue weighted by molar-refractivity contribution is -0.452. The molecule has 0 amide bonds. The quantitative estimate of drug-likeness (QED) is 0.548. The summed E-state index contributed by atoms with van der Waals surface area (Å²) in [6.07, 6.45) is 0. The van der Waals surface area contributed by atoms with Crippen LogP contribution in [0.2, 0.25) is 0 Å². The van der Waals surface area contributed by atoms with Gasteiger partial charge in [0, 0.05) is 11.0 Å². The van der Waals surface area contributed by atoms with E-state index >= 15 is 0 Å². The fourth-order valence-electron chi connectivity index (χ4n) is 2.63. The highest BCUT2D eigenvalue weighted by Crippen LogP contribution is 2.24. The predicted molar refractivity (Wildman–Crippen MR) is 90.2 cm³/mol. The SMILES string of the molecule is CCOC(=O)c1c(-c2ccccc2)[n+](=O)c2ccc(C)cc2n1[O-]. The number of carbonyl (C=O) groups excluding carboxylic acids is 1. The lowest BCUT2D eigenvalue weighted by Gasteiger charge is -2.18. The van der Waals surface area contributed by atoms with Crippen molar-refractivity contribution in [1.82, 2.24) is 4.73 Å². The van der Waals surface area contributed by atoms with Crippen molar-refractivity contribution in [3.8, 4) is 11.3 Å². The number of hydrogen-bond acceptors (Lipinski definition) is 4. The molecule has 0 spiro atoms. The van der Waals surface area contributed by atoms with Crippen molar-refractivity contribution in [2.45, 2.75) is 13.8 Å². The van der Waals surface area contributed by atoms with Crippen LogP contribution in [0.25, 0.3) is 22.3 Å². The van der Waals surface area contributed by atoms with Gasteiger partial charge >= 0.3 is 11.7 Å². The molecule has 2 aromatic carbocycles. The molecule has 1 heterocycles. The summed E-state index contributed by atoms with van der Waals surface area (Å²) in [5.74, 6) is -0.820. The summed E-state index contributed by atoms with van der Waals surface area (Å²) < 4.78 is 6.09. The Morgan fingerprint density at radius 1 is 1.21 bits per heavy atom. The molecule has 0 unspecified atom stereocenters. The lowest BCUT2D eigenvalue weighted by atomic mass is 10.1. The Hall–Kier alpha value is -3.15. The Balaban J connectivity index is 2.46. The zero-order valence-electron chi connectivity index (χ0n) is 13.4. The molecule has 0 radical (unpaired) electrons. The lowest BCUT2D eigenvalue weighted by Crippen LogP contribution is -2.28. The molecule has 0 atom stereocenters. The number of aromatic nitrogens is 2. The van der Waals surface area contributed by atoms with Crippen LogP contribution in [0.15, 0.2) is 48.5 Å². The number of fused-ring (bicyclic) bond motifs is 1. The van der Waals surface area contributed by atoms with Crippen LogP contribution in [0, 0.1) is 17.0 Å². The number of esters is 1. The van der Waals surface area contributed by atoms with Gasteiger partial charge < -0.3 is 14.7 Å². The van der Waals surface area contributed by atoms with Crippen LogP contribution in [-0.4, -0.2) is 17.3 Å². The third-order valence-electron chi connectivity index (χ3n) is 3.72. The zero-order chi connectivity index (χ0) is 17.3. The van der Waals surface area contributed by atoms with Crippen LogP contribution in [-0.2, 0) is 4.74 Å². The summed E-state index contributed by atoms with van der Waals surface area (Å²) in [5.41, 5.74) is 1.30. The van der Waals surface area contributed by atoms with E-state index in [1.807, 2.05) is 6.92 Å². The maximum absolute atomic E-state index is 12.9. The highest BCUT2D eigenvalue weighted by molar-refractivity contribution is 5.96. The van der Waals surface area contributed by atoms with Gasteiger partial charge in [0.15, 0.2) is 0 Å². The number of carbonyl (C=O) groups is 1. The fourth-order valence-corrected chi connectivity index (χ4v) is 2.63. The molecule has 0 saturated heterocycles. The maximum Gasteiger partial charge on any atom is 0.361 e. The second kappa shape index (κ2) is 6.16. The number of ether oxygens (including phenoxy) is 1. The summed E-state index contributed by atoms with van der Waals surface area (Å²) in [7, 11) is 0. The summed E-state index contributed by atoms with van der Waals surface area (Å²) in [4.78, 5) is 25.2. The van der Waals surface area contributed by atoms with Gasteiger partial charge in [-0.2, -0.15) is 0 Å². The molecule has 0 fully saturated rings. The highest BCUT2D eigenvalue weighted by atomic mass is 16.5. The van der Waals surface area contributed by atoms with E-state index in [9.17, 15) is 14.9 Å². The number of aryl methyl sites for hydroxylation is 1. The third-order valence-corrected chi connectivity index (χ3v) is 3.72. The van der Waals surface area contributed by atoms with Gasteiger partial charge in [-0.15, -0.1) is 0 Å². The van der Waals surface area contributed by atoms with Crippen molar-refractivity contribution in [2.75, 3.05) is 6.61 Å².